The minimum Gasteiger partial charge on any atom is -0.363 e. The standard InChI is InChI=1S/C8H16N2O2/c1-3-10-8(11)6(2)12-7-4-9-5-7/h6-7,9H,3-5H2,1-2H3,(H,10,11). The highest BCUT2D eigenvalue weighted by atomic mass is 16.5. The van der Waals surface area contributed by atoms with Gasteiger partial charge in [0.05, 0.1) is 6.10 Å². The second-order valence-electron chi connectivity index (χ2n) is 2.95. The Kier molecular flexibility index (Phi) is 3.49. The summed E-state index contributed by atoms with van der Waals surface area (Å²) in [6, 6.07) is 0. The molecule has 0 radical (unpaired) electrons. The molecule has 1 amide bonds. The van der Waals surface area contributed by atoms with E-state index >= 15 is 0 Å². The fourth-order valence-electron chi connectivity index (χ4n) is 1.03. The second-order valence-corrected chi connectivity index (χ2v) is 2.95. The molecule has 1 unspecified atom stereocenters. The van der Waals surface area contributed by atoms with Crippen LogP contribution in [0.5, 0.6) is 0 Å². The summed E-state index contributed by atoms with van der Waals surface area (Å²) in [6.07, 6.45) is -0.0975. The molecule has 70 valence electrons. The lowest BCUT2D eigenvalue weighted by Gasteiger charge is -2.29. The van der Waals surface area contributed by atoms with Crippen LogP contribution < -0.4 is 10.6 Å². The Morgan fingerprint density at radius 1 is 1.75 bits per heavy atom. The molecular formula is C8H16N2O2. The van der Waals surface area contributed by atoms with Gasteiger partial charge in [0.25, 0.3) is 0 Å². The molecule has 0 spiro atoms. The maximum absolute atomic E-state index is 11.2. The number of hydrogen-bond donors (Lipinski definition) is 2. The summed E-state index contributed by atoms with van der Waals surface area (Å²) in [7, 11) is 0. The van der Waals surface area contributed by atoms with Gasteiger partial charge in [0.1, 0.15) is 6.10 Å². The van der Waals surface area contributed by atoms with E-state index in [-0.39, 0.29) is 18.1 Å². The monoisotopic (exact) mass is 172 g/mol. The first-order valence-electron chi connectivity index (χ1n) is 4.38. The largest absolute Gasteiger partial charge is 0.363 e. The maximum atomic E-state index is 11.2. The summed E-state index contributed by atoms with van der Waals surface area (Å²) in [5, 5.41) is 5.80. The van der Waals surface area contributed by atoms with E-state index in [2.05, 4.69) is 10.6 Å². The lowest BCUT2D eigenvalue weighted by atomic mass is 10.2. The van der Waals surface area contributed by atoms with E-state index in [1.54, 1.807) is 6.92 Å². The molecule has 1 saturated heterocycles. The van der Waals surface area contributed by atoms with Gasteiger partial charge < -0.3 is 15.4 Å². The highest BCUT2D eigenvalue weighted by Gasteiger charge is 2.22. The van der Waals surface area contributed by atoms with Crippen LogP contribution in [0.25, 0.3) is 0 Å². The summed E-state index contributed by atoms with van der Waals surface area (Å²) in [4.78, 5) is 11.2. The van der Waals surface area contributed by atoms with Gasteiger partial charge in [-0.05, 0) is 13.8 Å². The van der Waals surface area contributed by atoms with Crippen molar-refractivity contribution in [3.8, 4) is 0 Å². The van der Waals surface area contributed by atoms with E-state index in [0.29, 0.717) is 6.54 Å². The molecule has 4 heteroatoms. The van der Waals surface area contributed by atoms with E-state index in [1.165, 1.54) is 0 Å². The number of hydrogen-bond acceptors (Lipinski definition) is 3. The van der Waals surface area contributed by atoms with Crippen molar-refractivity contribution in [2.75, 3.05) is 19.6 Å². The van der Waals surface area contributed by atoms with Gasteiger partial charge in [0.2, 0.25) is 5.91 Å². The van der Waals surface area contributed by atoms with Gasteiger partial charge in [0.15, 0.2) is 0 Å². The summed E-state index contributed by atoms with van der Waals surface area (Å²) >= 11 is 0. The Hall–Kier alpha value is -0.610. The van der Waals surface area contributed by atoms with Gasteiger partial charge in [0, 0.05) is 19.6 Å². The summed E-state index contributed by atoms with van der Waals surface area (Å²) in [6.45, 7) is 6.07. The lowest BCUT2D eigenvalue weighted by Crippen LogP contribution is -2.51. The number of nitrogens with one attached hydrogen (secondary N) is 2. The third-order valence-corrected chi connectivity index (χ3v) is 1.86. The smallest absolute Gasteiger partial charge is 0.248 e. The first kappa shape index (κ1) is 9.48. The molecule has 0 aromatic carbocycles. The molecule has 1 aliphatic heterocycles. The fourth-order valence-corrected chi connectivity index (χ4v) is 1.03. The van der Waals surface area contributed by atoms with Crippen LogP contribution in [0.1, 0.15) is 13.8 Å². The maximum Gasteiger partial charge on any atom is 0.248 e. The second kappa shape index (κ2) is 4.42. The quantitative estimate of drug-likeness (QED) is 0.601. The van der Waals surface area contributed by atoms with Crippen molar-refractivity contribution in [1.29, 1.82) is 0 Å². The minimum atomic E-state index is -0.322. The third kappa shape index (κ3) is 2.46. The average molecular weight is 172 g/mol. The topological polar surface area (TPSA) is 50.4 Å². The molecule has 1 rings (SSSR count). The average Bonchev–Trinajstić information content (AvgIpc) is 1.97. The zero-order valence-electron chi connectivity index (χ0n) is 7.59. The van der Waals surface area contributed by atoms with E-state index in [0.717, 1.165) is 13.1 Å². The molecule has 0 bridgehead atoms. The molecule has 0 aromatic rings. The van der Waals surface area contributed by atoms with Crippen molar-refractivity contribution in [1.82, 2.24) is 10.6 Å². The minimum absolute atomic E-state index is 0.0237. The summed E-state index contributed by atoms with van der Waals surface area (Å²) < 4.78 is 5.43. The number of rotatable bonds is 4. The van der Waals surface area contributed by atoms with Crippen LogP contribution in [0.4, 0.5) is 0 Å². The van der Waals surface area contributed by atoms with E-state index < -0.39 is 0 Å². The predicted octanol–water partition coefficient (Wildman–Crippen LogP) is -0.501. The Balaban J connectivity index is 2.16. The Morgan fingerprint density at radius 3 is 2.83 bits per heavy atom. The number of amides is 1. The van der Waals surface area contributed by atoms with Crippen LogP contribution in [0.2, 0.25) is 0 Å². The van der Waals surface area contributed by atoms with E-state index in [1.807, 2.05) is 6.92 Å². The van der Waals surface area contributed by atoms with E-state index in [4.69, 9.17) is 4.74 Å². The van der Waals surface area contributed by atoms with Gasteiger partial charge in [-0.3, -0.25) is 4.79 Å². The highest BCUT2D eigenvalue weighted by molar-refractivity contribution is 5.80. The van der Waals surface area contributed by atoms with Crippen LogP contribution in [0, 0.1) is 0 Å². The molecule has 1 fully saturated rings. The Bertz CT molecular complexity index is 157. The Labute approximate surface area is 72.7 Å². The molecule has 1 aliphatic rings. The molecule has 0 aromatic heterocycles. The summed E-state index contributed by atoms with van der Waals surface area (Å²) in [5.74, 6) is -0.0237. The molecule has 12 heavy (non-hydrogen) atoms. The molecule has 1 heterocycles. The zero-order valence-corrected chi connectivity index (χ0v) is 7.59. The Morgan fingerprint density at radius 2 is 2.42 bits per heavy atom. The van der Waals surface area contributed by atoms with Gasteiger partial charge in [-0.2, -0.15) is 0 Å². The number of likely N-dealkylation sites (N-methyl/N-ethyl adjacent to an activating group) is 1. The van der Waals surface area contributed by atoms with Gasteiger partial charge >= 0.3 is 0 Å². The molecule has 0 saturated carbocycles. The van der Waals surface area contributed by atoms with Crippen LogP contribution in [-0.2, 0) is 9.53 Å². The number of carbonyl (C=O) groups is 1. The van der Waals surface area contributed by atoms with Crippen LogP contribution in [0.15, 0.2) is 0 Å². The van der Waals surface area contributed by atoms with Crippen molar-refractivity contribution in [2.24, 2.45) is 0 Å². The van der Waals surface area contributed by atoms with Crippen molar-refractivity contribution in [3.05, 3.63) is 0 Å². The molecule has 2 N–H and O–H groups in total. The lowest BCUT2D eigenvalue weighted by molar-refractivity contribution is -0.137. The van der Waals surface area contributed by atoms with Crippen molar-refractivity contribution >= 4 is 5.91 Å². The first-order chi connectivity index (χ1) is 5.74. The van der Waals surface area contributed by atoms with Crippen LogP contribution in [-0.4, -0.2) is 37.7 Å². The third-order valence-electron chi connectivity index (χ3n) is 1.86. The van der Waals surface area contributed by atoms with Gasteiger partial charge in [-0.1, -0.05) is 0 Å². The first-order valence-corrected chi connectivity index (χ1v) is 4.38. The van der Waals surface area contributed by atoms with Gasteiger partial charge in [-0.25, -0.2) is 0 Å². The number of carbonyl (C=O) groups excluding carboxylic acids is 1. The molecule has 1 atom stereocenters. The fraction of sp³-hybridized carbons (Fsp3) is 0.875. The van der Waals surface area contributed by atoms with Crippen molar-refractivity contribution in [2.45, 2.75) is 26.1 Å². The predicted molar refractivity (Wildman–Crippen MR) is 45.9 cm³/mol. The SMILES string of the molecule is CCNC(=O)C(C)OC1CNC1. The zero-order chi connectivity index (χ0) is 8.97. The molecular weight excluding hydrogens is 156 g/mol. The molecule has 0 aliphatic carbocycles. The number of ether oxygens (including phenoxy) is 1. The molecule has 4 nitrogen and oxygen atoms in total. The van der Waals surface area contributed by atoms with Crippen molar-refractivity contribution < 1.29 is 9.53 Å². The van der Waals surface area contributed by atoms with Crippen LogP contribution >= 0.6 is 0 Å². The van der Waals surface area contributed by atoms with Gasteiger partial charge in [-0.15, -0.1) is 0 Å². The van der Waals surface area contributed by atoms with E-state index in [9.17, 15) is 4.79 Å². The summed E-state index contributed by atoms with van der Waals surface area (Å²) in [5.41, 5.74) is 0. The highest BCUT2D eigenvalue weighted by Crippen LogP contribution is 2.02. The van der Waals surface area contributed by atoms with Crippen LogP contribution in [0.3, 0.4) is 0 Å². The van der Waals surface area contributed by atoms with Crippen molar-refractivity contribution in [3.63, 3.8) is 0 Å². The normalized spacial score (nSPS) is 19.8.